The zero-order valence-corrected chi connectivity index (χ0v) is 18.9. The molecule has 7 heteroatoms. The highest BCUT2D eigenvalue weighted by atomic mass is 32.1. The molecule has 0 atom stereocenters. The smallest absolute Gasteiger partial charge is 0.273 e. The van der Waals surface area contributed by atoms with Gasteiger partial charge < -0.3 is 10.1 Å². The summed E-state index contributed by atoms with van der Waals surface area (Å²) in [5.74, 6) is 0.201. The van der Waals surface area contributed by atoms with Gasteiger partial charge in [0.25, 0.3) is 11.5 Å². The Kier molecular flexibility index (Phi) is 8.01. The first-order valence-corrected chi connectivity index (χ1v) is 11.3. The molecule has 0 saturated carbocycles. The number of rotatable bonds is 8. The molecule has 1 heterocycles. The van der Waals surface area contributed by atoms with Crippen LogP contribution < -0.4 is 24.8 Å². The van der Waals surface area contributed by atoms with Gasteiger partial charge in [0.15, 0.2) is 5.57 Å². The minimum absolute atomic E-state index is 0.0789. The van der Waals surface area contributed by atoms with Gasteiger partial charge in [0, 0.05) is 6.54 Å². The maximum absolute atomic E-state index is 13.4. The van der Waals surface area contributed by atoms with E-state index in [1.165, 1.54) is 4.57 Å². The Bertz CT molecular complexity index is 1280. The third-order valence-corrected chi connectivity index (χ3v) is 5.79. The van der Waals surface area contributed by atoms with E-state index < -0.39 is 5.91 Å². The first-order valence-electron chi connectivity index (χ1n) is 10.5. The van der Waals surface area contributed by atoms with E-state index in [0.29, 0.717) is 33.8 Å². The molecule has 0 aliphatic carbocycles. The average Bonchev–Trinajstić information content (AvgIpc) is 3.11. The van der Waals surface area contributed by atoms with Crippen LogP contribution in [0.1, 0.15) is 32.3 Å². The SMILES string of the molecule is CCCCNC(=O)/C(C#N)=c1\s/c(=C\c2ccccc2)c(=O)n1-c1ccc(OCC)cc1. The number of amides is 1. The number of nitriles is 1. The molecule has 164 valence electrons. The van der Waals surface area contributed by atoms with Crippen LogP contribution in [0.15, 0.2) is 59.4 Å². The number of carbonyl (C=O) groups excluding carboxylic acids is 1. The zero-order valence-electron chi connectivity index (χ0n) is 18.1. The highest BCUT2D eigenvalue weighted by Gasteiger charge is 2.16. The van der Waals surface area contributed by atoms with Crippen molar-refractivity contribution in [1.82, 2.24) is 9.88 Å². The van der Waals surface area contributed by atoms with Crippen LogP contribution in [0, 0.1) is 11.3 Å². The summed E-state index contributed by atoms with van der Waals surface area (Å²) in [6.07, 6.45) is 3.51. The molecule has 32 heavy (non-hydrogen) atoms. The second-order valence-electron chi connectivity index (χ2n) is 6.99. The van der Waals surface area contributed by atoms with Crippen LogP contribution in [0.2, 0.25) is 0 Å². The van der Waals surface area contributed by atoms with Gasteiger partial charge in [0.1, 0.15) is 16.5 Å². The lowest BCUT2D eigenvalue weighted by molar-refractivity contribution is -0.115. The maximum Gasteiger partial charge on any atom is 0.273 e. The fourth-order valence-electron chi connectivity index (χ4n) is 3.11. The highest BCUT2D eigenvalue weighted by Crippen LogP contribution is 2.14. The van der Waals surface area contributed by atoms with E-state index in [4.69, 9.17) is 4.74 Å². The van der Waals surface area contributed by atoms with Crippen LogP contribution in [0.3, 0.4) is 0 Å². The number of ether oxygens (including phenoxy) is 1. The minimum Gasteiger partial charge on any atom is -0.494 e. The van der Waals surface area contributed by atoms with Gasteiger partial charge in [-0.3, -0.25) is 14.2 Å². The van der Waals surface area contributed by atoms with E-state index in [1.807, 2.05) is 50.2 Å². The molecule has 0 radical (unpaired) electrons. The molecule has 0 spiro atoms. The maximum atomic E-state index is 13.4. The van der Waals surface area contributed by atoms with Crippen LogP contribution in [-0.2, 0) is 4.79 Å². The van der Waals surface area contributed by atoms with Crippen molar-refractivity contribution < 1.29 is 9.53 Å². The molecule has 0 aliphatic heterocycles. The Morgan fingerprint density at radius 1 is 1.16 bits per heavy atom. The van der Waals surface area contributed by atoms with Crippen molar-refractivity contribution in [3.63, 3.8) is 0 Å². The van der Waals surface area contributed by atoms with Crippen molar-refractivity contribution in [2.75, 3.05) is 13.2 Å². The van der Waals surface area contributed by atoms with Crippen LogP contribution in [0.25, 0.3) is 17.3 Å². The fourth-order valence-corrected chi connectivity index (χ4v) is 4.21. The normalized spacial score (nSPS) is 12.2. The first kappa shape index (κ1) is 23.0. The number of thiazole rings is 1. The second-order valence-corrected chi connectivity index (χ2v) is 8.02. The van der Waals surface area contributed by atoms with Crippen molar-refractivity contribution in [2.45, 2.75) is 26.7 Å². The monoisotopic (exact) mass is 447 g/mol. The number of aromatic nitrogens is 1. The third-order valence-electron chi connectivity index (χ3n) is 4.70. The summed E-state index contributed by atoms with van der Waals surface area (Å²) in [7, 11) is 0. The third kappa shape index (κ3) is 5.34. The Morgan fingerprint density at radius 2 is 1.88 bits per heavy atom. The molecule has 3 rings (SSSR count). The summed E-state index contributed by atoms with van der Waals surface area (Å²) in [5, 5.41) is 12.6. The molecule has 1 amide bonds. The number of hydrogen-bond donors (Lipinski definition) is 1. The van der Waals surface area contributed by atoms with Gasteiger partial charge in [-0.1, -0.05) is 43.7 Å². The van der Waals surface area contributed by atoms with E-state index in [2.05, 4.69) is 5.32 Å². The molecule has 1 aromatic heterocycles. The summed E-state index contributed by atoms with van der Waals surface area (Å²) in [6, 6.07) is 18.5. The van der Waals surface area contributed by atoms with Gasteiger partial charge in [-0.15, -0.1) is 11.3 Å². The predicted molar refractivity (Wildman–Crippen MR) is 127 cm³/mol. The molecular formula is C25H25N3O3S. The van der Waals surface area contributed by atoms with Gasteiger partial charge in [-0.05, 0) is 49.2 Å². The Morgan fingerprint density at radius 3 is 2.50 bits per heavy atom. The Balaban J connectivity index is 2.24. The number of nitrogens with zero attached hydrogens (tertiary/aromatic N) is 2. The topological polar surface area (TPSA) is 84.1 Å². The lowest BCUT2D eigenvalue weighted by Gasteiger charge is -2.07. The van der Waals surface area contributed by atoms with Crippen LogP contribution in [-0.4, -0.2) is 23.6 Å². The molecule has 0 saturated heterocycles. The Hall–Kier alpha value is -3.63. The number of unbranched alkanes of at least 4 members (excludes halogenated alkanes) is 1. The van der Waals surface area contributed by atoms with Crippen molar-refractivity contribution in [3.8, 4) is 17.5 Å². The largest absolute Gasteiger partial charge is 0.494 e. The number of carbonyl (C=O) groups is 1. The van der Waals surface area contributed by atoms with Gasteiger partial charge in [-0.2, -0.15) is 5.26 Å². The van der Waals surface area contributed by atoms with E-state index >= 15 is 0 Å². The van der Waals surface area contributed by atoms with E-state index in [-0.39, 0.29) is 11.1 Å². The molecule has 6 nitrogen and oxygen atoms in total. The van der Waals surface area contributed by atoms with Gasteiger partial charge in [-0.25, -0.2) is 0 Å². The molecule has 1 N–H and O–H groups in total. The molecule has 3 aromatic rings. The molecule has 0 fully saturated rings. The van der Waals surface area contributed by atoms with Gasteiger partial charge in [0.2, 0.25) is 0 Å². The summed E-state index contributed by atoms with van der Waals surface area (Å²) in [5.41, 5.74) is 1.06. The highest BCUT2D eigenvalue weighted by molar-refractivity contribution is 7.07. The summed E-state index contributed by atoms with van der Waals surface area (Å²) >= 11 is 1.13. The molecule has 2 aromatic carbocycles. The summed E-state index contributed by atoms with van der Waals surface area (Å²) in [6.45, 7) is 4.92. The first-order chi connectivity index (χ1) is 15.6. The predicted octanol–water partition coefficient (Wildman–Crippen LogP) is 2.72. The van der Waals surface area contributed by atoms with Gasteiger partial charge in [0.05, 0.1) is 16.8 Å². The quantitative estimate of drug-likeness (QED) is 0.538. The van der Waals surface area contributed by atoms with E-state index in [1.54, 1.807) is 30.3 Å². The van der Waals surface area contributed by atoms with E-state index in [9.17, 15) is 14.9 Å². The minimum atomic E-state index is -0.479. The Labute approximate surface area is 190 Å². The van der Waals surface area contributed by atoms with Crippen molar-refractivity contribution in [1.29, 1.82) is 5.26 Å². The molecule has 0 unspecified atom stereocenters. The molecular weight excluding hydrogens is 422 g/mol. The van der Waals surface area contributed by atoms with Crippen molar-refractivity contribution in [2.24, 2.45) is 0 Å². The number of benzene rings is 2. The molecule has 0 bridgehead atoms. The average molecular weight is 448 g/mol. The lowest BCUT2D eigenvalue weighted by Crippen LogP contribution is -2.34. The number of nitrogens with one attached hydrogen (secondary N) is 1. The summed E-state index contributed by atoms with van der Waals surface area (Å²) in [4.78, 5) is 26.1. The second kappa shape index (κ2) is 11.1. The van der Waals surface area contributed by atoms with Crippen LogP contribution in [0.4, 0.5) is 0 Å². The fraction of sp³-hybridized carbons (Fsp3) is 0.240. The van der Waals surface area contributed by atoms with Crippen LogP contribution >= 0.6 is 11.3 Å². The van der Waals surface area contributed by atoms with Crippen LogP contribution in [0.5, 0.6) is 5.75 Å². The standard InChI is InChI=1S/C25H25N3O3S/c1-3-5-15-27-23(29)21(17-26)25-28(19-11-13-20(14-12-19)31-4-2)24(30)22(32-25)16-18-9-7-6-8-10-18/h6-14,16H,3-5,15H2,1-2H3,(H,27,29)/b22-16-,25-21-. The van der Waals surface area contributed by atoms with E-state index in [0.717, 1.165) is 29.7 Å². The van der Waals surface area contributed by atoms with Gasteiger partial charge >= 0.3 is 0 Å². The summed E-state index contributed by atoms with van der Waals surface area (Å²) < 4.78 is 7.66. The van der Waals surface area contributed by atoms with Crippen molar-refractivity contribution >= 4 is 28.9 Å². The zero-order chi connectivity index (χ0) is 22.9. The lowest BCUT2D eigenvalue weighted by atomic mass is 10.2. The van der Waals surface area contributed by atoms with Crippen molar-refractivity contribution in [3.05, 3.63) is 79.7 Å². The number of hydrogen-bond acceptors (Lipinski definition) is 5. The molecule has 0 aliphatic rings.